The lowest BCUT2D eigenvalue weighted by Crippen LogP contribution is -2.20. The van der Waals surface area contributed by atoms with Crippen molar-refractivity contribution >= 4 is 0 Å². The highest BCUT2D eigenvalue weighted by Gasteiger charge is 1.97. The maximum atomic E-state index is 2.50. The molecule has 0 aliphatic carbocycles. The zero-order chi connectivity index (χ0) is 14.2. The smallest absolute Gasteiger partial charge is 0.00218 e. The summed E-state index contributed by atoms with van der Waals surface area (Å²) in [4.78, 5) is 2.50. The number of hydrogen-bond donors (Lipinski definition) is 0. The van der Waals surface area contributed by atoms with Crippen LogP contribution in [0.3, 0.4) is 0 Å². The van der Waals surface area contributed by atoms with E-state index < -0.39 is 0 Å². The van der Waals surface area contributed by atoms with Crippen LogP contribution in [0.5, 0.6) is 0 Å². The lowest BCUT2D eigenvalue weighted by molar-refractivity contribution is 0.318. The van der Waals surface area contributed by atoms with E-state index in [4.69, 9.17) is 0 Å². The highest BCUT2D eigenvalue weighted by molar-refractivity contribution is 4.53. The number of nitrogens with zero attached hydrogens (tertiary/aromatic N) is 1. The maximum Gasteiger partial charge on any atom is -0.00218 e. The molecule has 0 heterocycles. The van der Waals surface area contributed by atoms with Crippen molar-refractivity contribution in [3.8, 4) is 0 Å². The lowest BCUT2D eigenvalue weighted by Gasteiger charge is -2.15. The largest absolute Gasteiger partial charge is 0.306 e. The molecule has 0 spiro atoms. The van der Waals surface area contributed by atoms with E-state index in [1.807, 2.05) is 0 Å². The van der Waals surface area contributed by atoms with E-state index in [0.29, 0.717) is 0 Å². The van der Waals surface area contributed by atoms with Gasteiger partial charge in [0, 0.05) is 0 Å². The van der Waals surface area contributed by atoms with Crippen molar-refractivity contribution in [1.82, 2.24) is 4.90 Å². The maximum absolute atomic E-state index is 2.50. The van der Waals surface area contributed by atoms with Crippen molar-refractivity contribution in [3.63, 3.8) is 0 Å². The first-order valence-electron chi connectivity index (χ1n) is 8.99. The summed E-state index contributed by atoms with van der Waals surface area (Å²) in [5, 5.41) is 0. The van der Waals surface area contributed by atoms with Crippen LogP contribution in [-0.2, 0) is 0 Å². The fourth-order valence-corrected chi connectivity index (χ4v) is 2.59. The molecule has 0 aliphatic rings. The molecule has 0 saturated carbocycles. The van der Waals surface area contributed by atoms with E-state index in [0.717, 1.165) is 0 Å². The first kappa shape index (κ1) is 19.0. The van der Waals surface area contributed by atoms with Crippen LogP contribution in [0, 0.1) is 0 Å². The van der Waals surface area contributed by atoms with Crippen molar-refractivity contribution in [2.75, 3.05) is 20.1 Å². The van der Waals surface area contributed by atoms with Gasteiger partial charge in [0.2, 0.25) is 0 Å². The van der Waals surface area contributed by atoms with Crippen molar-refractivity contribution in [3.05, 3.63) is 0 Å². The number of hydrogen-bond acceptors (Lipinski definition) is 1. The summed E-state index contributed by atoms with van der Waals surface area (Å²) < 4.78 is 0. The Morgan fingerprint density at radius 1 is 0.474 bits per heavy atom. The van der Waals surface area contributed by atoms with Crippen LogP contribution in [0.2, 0.25) is 0 Å². The first-order valence-corrected chi connectivity index (χ1v) is 8.99. The Kier molecular flexibility index (Phi) is 16.0. The molecule has 0 saturated heterocycles. The third kappa shape index (κ3) is 15.9. The molecule has 0 aromatic rings. The van der Waals surface area contributed by atoms with Gasteiger partial charge in [0.1, 0.15) is 0 Å². The van der Waals surface area contributed by atoms with E-state index in [9.17, 15) is 0 Å². The van der Waals surface area contributed by atoms with Gasteiger partial charge in [-0.15, -0.1) is 0 Å². The highest BCUT2D eigenvalue weighted by Crippen LogP contribution is 2.11. The molecule has 116 valence electrons. The molecule has 0 bridgehead atoms. The van der Waals surface area contributed by atoms with Gasteiger partial charge in [0.05, 0.1) is 0 Å². The average molecular weight is 270 g/mol. The van der Waals surface area contributed by atoms with E-state index in [1.54, 1.807) is 0 Å². The van der Waals surface area contributed by atoms with Gasteiger partial charge in [0.25, 0.3) is 0 Å². The van der Waals surface area contributed by atoms with Gasteiger partial charge in [-0.3, -0.25) is 0 Å². The minimum absolute atomic E-state index is 1.29. The topological polar surface area (TPSA) is 3.24 Å². The summed E-state index contributed by atoms with van der Waals surface area (Å²) in [6.45, 7) is 7.15. The summed E-state index contributed by atoms with van der Waals surface area (Å²) in [5.41, 5.74) is 0. The minimum atomic E-state index is 1.29. The Hall–Kier alpha value is -0.0400. The van der Waals surface area contributed by atoms with Crippen LogP contribution in [0.1, 0.15) is 97.3 Å². The van der Waals surface area contributed by atoms with Crippen LogP contribution in [0.4, 0.5) is 0 Å². The van der Waals surface area contributed by atoms with Crippen molar-refractivity contribution in [2.24, 2.45) is 0 Å². The van der Waals surface area contributed by atoms with Gasteiger partial charge < -0.3 is 4.90 Å². The molecule has 1 nitrogen and oxygen atoms in total. The summed E-state index contributed by atoms with van der Waals surface area (Å²) in [6, 6.07) is 0. The van der Waals surface area contributed by atoms with Crippen LogP contribution in [0.25, 0.3) is 0 Å². The standard InChI is InChI=1S/C18H39N/c1-4-6-8-9-10-11-12-13-14-15-16-18-19(3)17-7-5-2/h4-18H2,1-3H3. The van der Waals surface area contributed by atoms with Gasteiger partial charge in [-0.1, -0.05) is 84.5 Å². The molecule has 0 atom stereocenters. The molecule has 0 radical (unpaired) electrons. The van der Waals surface area contributed by atoms with Gasteiger partial charge in [0.15, 0.2) is 0 Å². The van der Waals surface area contributed by atoms with Crippen LogP contribution in [-0.4, -0.2) is 25.0 Å². The molecule has 0 aromatic carbocycles. The second-order valence-electron chi connectivity index (χ2n) is 6.19. The van der Waals surface area contributed by atoms with E-state index in [-0.39, 0.29) is 0 Å². The zero-order valence-corrected chi connectivity index (χ0v) is 14.1. The molecule has 0 N–H and O–H groups in total. The van der Waals surface area contributed by atoms with E-state index in [2.05, 4.69) is 25.8 Å². The molecule has 0 aromatic heterocycles. The molecule has 19 heavy (non-hydrogen) atoms. The second-order valence-corrected chi connectivity index (χ2v) is 6.19. The summed E-state index contributed by atoms with van der Waals surface area (Å²) in [5.74, 6) is 0. The van der Waals surface area contributed by atoms with Gasteiger partial charge in [-0.05, 0) is 33.0 Å². The predicted octanol–water partition coefficient (Wildman–Crippen LogP) is 6.03. The van der Waals surface area contributed by atoms with Gasteiger partial charge in [-0.25, -0.2) is 0 Å². The SMILES string of the molecule is CCCCCCCCCCCCCN(C)CCCC. The minimum Gasteiger partial charge on any atom is -0.306 e. The van der Waals surface area contributed by atoms with E-state index >= 15 is 0 Å². The molecule has 0 amide bonds. The number of rotatable bonds is 15. The van der Waals surface area contributed by atoms with Crippen LogP contribution >= 0.6 is 0 Å². The number of unbranched alkanes of at least 4 members (excludes halogenated alkanes) is 11. The normalized spacial score (nSPS) is 11.4. The van der Waals surface area contributed by atoms with Gasteiger partial charge >= 0.3 is 0 Å². The fourth-order valence-electron chi connectivity index (χ4n) is 2.59. The summed E-state index contributed by atoms with van der Waals surface area (Å²) in [7, 11) is 2.27. The molecule has 1 heteroatoms. The Bertz CT molecular complexity index is 156. The fraction of sp³-hybridized carbons (Fsp3) is 1.00. The monoisotopic (exact) mass is 269 g/mol. The zero-order valence-electron chi connectivity index (χ0n) is 14.1. The van der Waals surface area contributed by atoms with Crippen LogP contribution in [0.15, 0.2) is 0 Å². The Balaban J connectivity index is 3.02. The predicted molar refractivity (Wildman–Crippen MR) is 88.9 cm³/mol. The quantitative estimate of drug-likeness (QED) is 0.328. The van der Waals surface area contributed by atoms with Crippen molar-refractivity contribution in [2.45, 2.75) is 97.3 Å². The van der Waals surface area contributed by atoms with Crippen molar-refractivity contribution in [1.29, 1.82) is 0 Å². The summed E-state index contributed by atoms with van der Waals surface area (Å²) >= 11 is 0. The molecule has 0 rings (SSSR count). The average Bonchev–Trinajstić information content (AvgIpc) is 2.42. The molecule has 0 fully saturated rings. The highest BCUT2D eigenvalue weighted by atomic mass is 15.1. The molecular weight excluding hydrogens is 230 g/mol. The lowest BCUT2D eigenvalue weighted by atomic mass is 10.1. The molecular formula is C18H39N. The van der Waals surface area contributed by atoms with Crippen molar-refractivity contribution < 1.29 is 0 Å². The van der Waals surface area contributed by atoms with E-state index in [1.165, 1.54) is 96.6 Å². The third-order valence-electron chi connectivity index (χ3n) is 4.04. The molecule has 0 unspecified atom stereocenters. The Morgan fingerprint density at radius 3 is 1.32 bits per heavy atom. The Labute approximate surface area is 123 Å². The first-order chi connectivity index (χ1) is 9.31. The van der Waals surface area contributed by atoms with Crippen LogP contribution < -0.4 is 0 Å². The summed E-state index contributed by atoms with van der Waals surface area (Å²) in [6.07, 6.45) is 18.6. The molecule has 0 aliphatic heterocycles. The third-order valence-corrected chi connectivity index (χ3v) is 4.04. The Morgan fingerprint density at radius 2 is 0.842 bits per heavy atom. The second kappa shape index (κ2) is 16.0. The van der Waals surface area contributed by atoms with Gasteiger partial charge in [-0.2, -0.15) is 0 Å².